The van der Waals surface area contributed by atoms with Gasteiger partial charge in [-0.15, -0.1) is 0 Å². The largest absolute Gasteiger partial charge is 0.481 e. The number of alkyl halides is 2. The summed E-state index contributed by atoms with van der Waals surface area (Å²) in [6.45, 7) is 1.64. The summed E-state index contributed by atoms with van der Waals surface area (Å²) in [5, 5.41) is 8.55. The summed E-state index contributed by atoms with van der Waals surface area (Å²) in [6, 6.07) is 1.57. The summed E-state index contributed by atoms with van der Waals surface area (Å²) in [7, 11) is 0. The Morgan fingerprint density at radius 1 is 1.60 bits per heavy atom. The zero-order chi connectivity index (χ0) is 11.2. The molecule has 0 bridgehead atoms. The summed E-state index contributed by atoms with van der Waals surface area (Å²) >= 11 is 0. The number of carbonyl (C=O) groups is 1. The molecule has 1 aliphatic carbocycles. The number of carboxylic acids is 1. The van der Waals surface area contributed by atoms with Crippen molar-refractivity contribution in [3.63, 3.8) is 0 Å². The molecule has 1 aromatic rings. The van der Waals surface area contributed by atoms with Gasteiger partial charge in [0.05, 0.1) is 0 Å². The Hall–Kier alpha value is -1.59. The first-order chi connectivity index (χ1) is 6.94. The lowest BCUT2D eigenvalue weighted by Gasteiger charge is -1.97. The summed E-state index contributed by atoms with van der Waals surface area (Å²) < 4.78 is 26.1. The summed E-state index contributed by atoms with van der Waals surface area (Å²) in [5.41, 5.74) is 0.548. The quantitative estimate of drug-likeness (QED) is 0.803. The van der Waals surface area contributed by atoms with E-state index in [1.165, 1.54) is 6.20 Å². The van der Waals surface area contributed by atoms with Gasteiger partial charge in [-0.05, 0) is 13.0 Å². The molecule has 0 spiro atoms. The van der Waals surface area contributed by atoms with E-state index < -0.39 is 23.7 Å². The van der Waals surface area contributed by atoms with Gasteiger partial charge < -0.3 is 5.11 Å². The van der Waals surface area contributed by atoms with Crippen LogP contribution in [0.5, 0.6) is 0 Å². The number of hydrogen-bond acceptors (Lipinski definition) is 3. The Morgan fingerprint density at radius 2 is 2.27 bits per heavy atom. The molecular formula is C9H8F2N2O2. The van der Waals surface area contributed by atoms with Crippen molar-refractivity contribution in [1.82, 2.24) is 9.97 Å². The second kappa shape index (κ2) is 2.95. The van der Waals surface area contributed by atoms with Gasteiger partial charge >= 0.3 is 5.97 Å². The lowest BCUT2D eigenvalue weighted by Crippen LogP contribution is -2.04. The number of hydrogen-bond donors (Lipinski definition) is 1. The van der Waals surface area contributed by atoms with Crippen LogP contribution in [0, 0.1) is 12.8 Å². The second-order valence-electron chi connectivity index (χ2n) is 3.52. The lowest BCUT2D eigenvalue weighted by atomic mass is 10.3. The van der Waals surface area contributed by atoms with E-state index in [1.54, 1.807) is 13.0 Å². The average molecular weight is 214 g/mol. The number of nitrogens with zero attached hydrogens (tertiary/aromatic N) is 2. The van der Waals surface area contributed by atoms with E-state index in [9.17, 15) is 13.6 Å². The number of aliphatic carboxylic acids is 1. The molecule has 4 nitrogen and oxygen atoms in total. The van der Waals surface area contributed by atoms with E-state index in [0.29, 0.717) is 5.69 Å². The SMILES string of the molecule is Cc1ccnc([C@H]2[C@H](C(=O)O)C2(F)F)n1. The highest BCUT2D eigenvalue weighted by Crippen LogP contribution is 2.60. The fraction of sp³-hybridized carbons (Fsp3) is 0.444. The van der Waals surface area contributed by atoms with E-state index in [2.05, 4.69) is 9.97 Å². The summed E-state index contributed by atoms with van der Waals surface area (Å²) in [5.74, 6) is -7.88. The van der Waals surface area contributed by atoms with Gasteiger partial charge in [-0.2, -0.15) is 0 Å². The Balaban J connectivity index is 2.31. The first-order valence-corrected chi connectivity index (χ1v) is 4.34. The Kier molecular flexibility index (Phi) is 1.95. The molecule has 1 aliphatic rings. The molecular weight excluding hydrogens is 206 g/mol. The van der Waals surface area contributed by atoms with Crippen molar-refractivity contribution >= 4 is 5.97 Å². The van der Waals surface area contributed by atoms with Crippen LogP contribution in [-0.2, 0) is 4.79 Å². The molecule has 15 heavy (non-hydrogen) atoms. The fourth-order valence-electron chi connectivity index (χ4n) is 1.57. The number of aryl methyl sites for hydroxylation is 1. The highest BCUT2D eigenvalue weighted by atomic mass is 19.3. The Bertz CT molecular complexity index is 422. The van der Waals surface area contributed by atoms with Crippen molar-refractivity contribution in [3.05, 3.63) is 23.8 Å². The van der Waals surface area contributed by atoms with E-state index in [1.807, 2.05) is 0 Å². The minimum absolute atomic E-state index is 0.0904. The number of carboxylic acid groups (broad SMARTS) is 1. The van der Waals surface area contributed by atoms with Crippen LogP contribution in [0.15, 0.2) is 12.3 Å². The van der Waals surface area contributed by atoms with Gasteiger partial charge in [0.25, 0.3) is 5.92 Å². The highest BCUT2D eigenvalue weighted by Gasteiger charge is 2.74. The minimum atomic E-state index is -3.22. The highest BCUT2D eigenvalue weighted by molar-refractivity contribution is 5.77. The van der Waals surface area contributed by atoms with Gasteiger partial charge in [0.2, 0.25) is 0 Å². The standard InChI is InChI=1S/C9H8F2N2O2/c1-4-2-3-12-7(13-4)5-6(8(14)15)9(5,10)11/h2-3,5-6H,1H3,(H,14,15)/t5-,6-/m1/s1. The van der Waals surface area contributed by atoms with Crippen LogP contribution in [0.1, 0.15) is 17.4 Å². The zero-order valence-electron chi connectivity index (χ0n) is 7.82. The third-order valence-corrected chi connectivity index (χ3v) is 2.41. The molecule has 6 heteroatoms. The molecule has 0 aromatic carbocycles. The van der Waals surface area contributed by atoms with Crippen LogP contribution in [0.2, 0.25) is 0 Å². The Labute approximate surface area is 84.0 Å². The smallest absolute Gasteiger partial charge is 0.313 e. The fourth-order valence-corrected chi connectivity index (χ4v) is 1.57. The van der Waals surface area contributed by atoms with Gasteiger partial charge in [-0.1, -0.05) is 0 Å². The van der Waals surface area contributed by atoms with Gasteiger partial charge in [0, 0.05) is 11.9 Å². The number of aromatic nitrogens is 2. The van der Waals surface area contributed by atoms with Crippen LogP contribution in [0.4, 0.5) is 8.78 Å². The topological polar surface area (TPSA) is 63.1 Å². The molecule has 80 valence electrons. The molecule has 0 aliphatic heterocycles. The number of halogens is 2. The van der Waals surface area contributed by atoms with Gasteiger partial charge in [0.15, 0.2) is 0 Å². The first kappa shape index (κ1) is 9.95. The molecule has 0 radical (unpaired) electrons. The third kappa shape index (κ3) is 1.45. The van der Waals surface area contributed by atoms with Crippen molar-refractivity contribution in [2.75, 3.05) is 0 Å². The van der Waals surface area contributed by atoms with E-state index in [0.717, 1.165) is 0 Å². The monoisotopic (exact) mass is 214 g/mol. The van der Waals surface area contributed by atoms with Crippen molar-refractivity contribution in [3.8, 4) is 0 Å². The van der Waals surface area contributed by atoms with Crippen LogP contribution >= 0.6 is 0 Å². The maximum atomic E-state index is 13.1. The van der Waals surface area contributed by atoms with Crippen LogP contribution in [0.25, 0.3) is 0 Å². The zero-order valence-corrected chi connectivity index (χ0v) is 7.82. The van der Waals surface area contributed by atoms with E-state index in [-0.39, 0.29) is 5.82 Å². The summed E-state index contributed by atoms with van der Waals surface area (Å²) in [6.07, 6.45) is 1.35. The molecule has 1 saturated carbocycles. The molecule has 0 saturated heterocycles. The van der Waals surface area contributed by atoms with E-state index in [4.69, 9.17) is 5.11 Å². The first-order valence-electron chi connectivity index (χ1n) is 4.34. The normalized spacial score (nSPS) is 27.4. The van der Waals surface area contributed by atoms with Gasteiger partial charge in [-0.25, -0.2) is 18.7 Å². The Morgan fingerprint density at radius 3 is 2.73 bits per heavy atom. The molecule has 2 atom stereocenters. The molecule has 1 N–H and O–H groups in total. The predicted molar refractivity (Wildman–Crippen MR) is 45.6 cm³/mol. The van der Waals surface area contributed by atoms with Gasteiger partial charge in [-0.3, -0.25) is 4.79 Å². The molecule has 1 aromatic heterocycles. The minimum Gasteiger partial charge on any atom is -0.481 e. The van der Waals surface area contributed by atoms with Crippen molar-refractivity contribution < 1.29 is 18.7 Å². The van der Waals surface area contributed by atoms with Crippen molar-refractivity contribution in [1.29, 1.82) is 0 Å². The second-order valence-corrected chi connectivity index (χ2v) is 3.52. The van der Waals surface area contributed by atoms with Gasteiger partial charge in [0.1, 0.15) is 17.7 Å². The number of rotatable bonds is 2. The average Bonchev–Trinajstić information content (AvgIpc) is 2.69. The molecule has 2 rings (SSSR count). The van der Waals surface area contributed by atoms with Crippen LogP contribution in [-0.4, -0.2) is 27.0 Å². The molecule has 0 unspecified atom stereocenters. The lowest BCUT2D eigenvalue weighted by molar-refractivity contribution is -0.140. The molecule has 1 heterocycles. The maximum absolute atomic E-state index is 13.1. The van der Waals surface area contributed by atoms with Crippen molar-refractivity contribution in [2.45, 2.75) is 18.8 Å². The third-order valence-electron chi connectivity index (χ3n) is 2.41. The van der Waals surface area contributed by atoms with E-state index >= 15 is 0 Å². The maximum Gasteiger partial charge on any atom is 0.313 e. The molecule has 0 amide bonds. The predicted octanol–water partition coefficient (Wildman–Crippen LogP) is 1.22. The van der Waals surface area contributed by atoms with Crippen LogP contribution in [0.3, 0.4) is 0 Å². The molecule has 1 fully saturated rings. The van der Waals surface area contributed by atoms with Crippen LogP contribution < -0.4 is 0 Å². The summed E-state index contributed by atoms with van der Waals surface area (Å²) in [4.78, 5) is 18.0. The van der Waals surface area contributed by atoms with Crippen molar-refractivity contribution in [2.24, 2.45) is 5.92 Å².